The Labute approximate surface area is 173 Å². The fourth-order valence-electron chi connectivity index (χ4n) is 3.99. The van der Waals surface area contributed by atoms with Crippen molar-refractivity contribution in [3.8, 4) is 11.4 Å². The van der Waals surface area contributed by atoms with Crippen LogP contribution in [0.4, 0.5) is 0 Å². The molecule has 2 aromatic carbocycles. The van der Waals surface area contributed by atoms with E-state index >= 15 is 0 Å². The van der Waals surface area contributed by atoms with Gasteiger partial charge in [0.15, 0.2) is 0 Å². The molecule has 5 rings (SSSR count). The Morgan fingerprint density at radius 1 is 1.10 bits per heavy atom. The van der Waals surface area contributed by atoms with E-state index < -0.39 is 0 Å². The third-order valence-electron chi connectivity index (χ3n) is 5.50. The van der Waals surface area contributed by atoms with Crippen LogP contribution in [0.5, 0.6) is 0 Å². The van der Waals surface area contributed by atoms with Crippen LogP contribution < -0.4 is 0 Å². The summed E-state index contributed by atoms with van der Waals surface area (Å²) in [7, 11) is 0. The van der Waals surface area contributed by atoms with Gasteiger partial charge in [-0.15, -0.1) is 0 Å². The van der Waals surface area contributed by atoms with Crippen LogP contribution in [0.25, 0.3) is 22.4 Å². The van der Waals surface area contributed by atoms with Crippen LogP contribution in [0.3, 0.4) is 0 Å². The van der Waals surface area contributed by atoms with Crippen LogP contribution in [-0.4, -0.2) is 29.9 Å². The molecule has 1 N–H and O–H groups in total. The Morgan fingerprint density at radius 2 is 1.97 bits per heavy atom. The number of aromatic amines is 1. The fourth-order valence-corrected chi connectivity index (χ4v) is 3.99. The zero-order valence-corrected chi connectivity index (χ0v) is 17.1. The monoisotopic (exact) mass is 398 g/mol. The van der Waals surface area contributed by atoms with Crippen molar-refractivity contribution in [1.29, 1.82) is 0 Å². The standard InChI is InChI=1S/C23H22N6O/c1-14(21-15(2)26-27-16(21)3)23-25-22(28-30-23)18-8-6-7-17(11-18)12-29-13-24-19-9-4-5-10-20(19)29/h4-11,13-14H,12H2,1-3H3,(H,26,27). The van der Waals surface area contributed by atoms with Gasteiger partial charge < -0.3 is 9.09 Å². The van der Waals surface area contributed by atoms with Gasteiger partial charge in [-0.2, -0.15) is 10.1 Å². The van der Waals surface area contributed by atoms with E-state index in [1.807, 2.05) is 50.5 Å². The maximum Gasteiger partial charge on any atom is 0.234 e. The number of aryl methyl sites for hydroxylation is 2. The summed E-state index contributed by atoms with van der Waals surface area (Å²) in [6.07, 6.45) is 1.88. The van der Waals surface area contributed by atoms with Crippen LogP contribution >= 0.6 is 0 Å². The van der Waals surface area contributed by atoms with Gasteiger partial charge in [-0.3, -0.25) is 5.10 Å². The topological polar surface area (TPSA) is 85.4 Å². The van der Waals surface area contributed by atoms with Gasteiger partial charge in [0.05, 0.1) is 29.0 Å². The van der Waals surface area contributed by atoms with E-state index in [9.17, 15) is 0 Å². The Morgan fingerprint density at radius 3 is 2.80 bits per heavy atom. The van der Waals surface area contributed by atoms with Gasteiger partial charge in [0.2, 0.25) is 11.7 Å². The Balaban J connectivity index is 1.42. The number of H-pyrrole nitrogens is 1. The van der Waals surface area contributed by atoms with Crippen molar-refractivity contribution in [2.45, 2.75) is 33.2 Å². The normalized spacial score (nSPS) is 12.5. The number of fused-ring (bicyclic) bond motifs is 1. The number of nitrogens with one attached hydrogen (secondary N) is 1. The predicted molar refractivity (Wildman–Crippen MR) is 114 cm³/mol. The molecule has 5 aromatic rings. The molecule has 0 aliphatic heterocycles. The average molecular weight is 398 g/mol. The second kappa shape index (κ2) is 7.26. The van der Waals surface area contributed by atoms with Crippen molar-refractivity contribution >= 4 is 11.0 Å². The van der Waals surface area contributed by atoms with Gasteiger partial charge in [-0.1, -0.05) is 35.5 Å². The first-order valence-electron chi connectivity index (χ1n) is 9.94. The first-order chi connectivity index (χ1) is 14.6. The number of hydrogen-bond acceptors (Lipinski definition) is 5. The number of imidazole rings is 1. The van der Waals surface area contributed by atoms with Gasteiger partial charge in [0, 0.05) is 23.4 Å². The number of rotatable bonds is 5. The van der Waals surface area contributed by atoms with Gasteiger partial charge in [-0.25, -0.2) is 4.98 Å². The maximum atomic E-state index is 5.60. The largest absolute Gasteiger partial charge is 0.338 e. The van der Waals surface area contributed by atoms with Gasteiger partial charge >= 0.3 is 0 Å². The van der Waals surface area contributed by atoms with E-state index in [0.717, 1.165) is 45.7 Å². The average Bonchev–Trinajstić information content (AvgIpc) is 3.48. The molecule has 150 valence electrons. The molecule has 3 aromatic heterocycles. The Hall–Kier alpha value is -3.74. The van der Waals surface area contributed by atoms with E-state index in [4.69, 9.17) is 4.52 Å². The zero-order valence-electron chi connectivity index (χ0n) is 17.1. The highest BCUT2D eigenvalue weighted by molar-refractivity contribution is 5.75. The molecule has 3 heterocycles. The lowest BCUT2D eigenvalue weighted by atomic mass is 9.99. The molecule has 0 radical (unpaired) electrons. The molecule has 0 saturated carbocycles. The fraction of sp³-hybridized carbons (Fsp3) is 0.217. The van der Waals surface area contributed by atoms with Crippen molar-refractivity contribution < 1.29 is 4.52 Å². The van der Waals surface area contributed by atoms with E-state index in [0.29, 0.717) is 11.7 Å². The summed E-state index contributed by atoms with van der Waals surface area (Å²) in [6, 6.07) is 16.4. The van der Waals surface area contributed by atoms with Crippen LogP contribution in [-0.2, 0) is 6.54 Å². The van der Waals surface area contributed by atoms with Crippen LogP contribution in [0.2, 0.25) is 0 Å². The van der Waals surface area contributed by atoms with Crippen LogP contribution in [0.15, 0.2) is 59.4 Å². The minimum Gasteiger partial charge on any atom is -0.338 e. The second-order valence-corrected chi connectivity index (χ2v) is 7.59. The van der Waals surface area contributed by atoms with Gasteiger partial charge in [0.25, 0.3) is 0 Å². The molecule has 0 amide bonds. The van der Waals surface area contributed by atoms with Crippen LogP contribution in [0.1, 0.15) is 41.2 Å². The highest BCUT2D eigenvalue weighted by atomic mass is 16.5. The van der Waals surface area contributed by atoms with E-state index in [-0.39, 0.29) is 5.92 Å². The van der Waals surface area contributed by atoms with Gasteiger partial charge in [0.1, 0.15) is 0 Å². The molecule has 0 fully saturated rings. The molecule has 0 saturated heterocycles. The molecule has 7 heteroatoms. The SMILES string of the molecule is Cc1n[nH]c(C)c1C(C)c1nc(-c2cccc(Cn3cnc4ccccc43)c2)no1. The second-order valence-electron chi connectivity index (χ2n) is 7.59. The van der Waals surface area contributed by atoms with Crippen molar-refractivity contribution in [2.75, 3.05) is 0 Å². The van der Waals surface area contributed by atoms with Crippen molar-refractivity contribution in [2.24, 2.45) is 0 Å². The quantitative estimate of drug-likeness (QED) is 0.467. The molecule has 1 unspecified atom stereocenters. The van der Waals surface area contributed by atoms with Gasteiger partial charge in [-0.05, 0) is 44.5 Å². The molecule has 0 bridgehead atoms. The molecule has 0 spiro atoms. The Kier molecular flexibility index (Phi) is 4.43. The highest BCUT2D eigenvalue weighted by Gasteiger charge is 2.22. The summed E-state index contributed by atoms with van der Waals surface area (Å²) in [5.74, 6) is 1.15. The molecule has 0 aliphatic rings. The lowest BCUT2D eigenvalue weighted by Crippen LogP contribution is -2.00. The summed E-state index contributed by atoms with van der Waals surface area (Å²) in [6.45, 7) is 6.77. The van der Waals surface area contributed by atoms with Crippen molar-refractivity contribution in [3.63, 3.8) is 0 Å². The highest BCUT2D eigenvalue weighted by Crippen LogP contribution is 2.29. The molecule has 30 heavy (non-hydrogen) atoms. The maximum absolute atomic E-state index is 5.60. The van der Waals surface area contributed by atoms with E-state index in [2.05, 4.69) is 55.0 Å². The Bertz CT molecular complexity index is 1310. The number of nitrogens with zero attached hydrogens (tertiary/aromatic N) is 5. The zero-order chi connectivity index (χ0) is 20.7. The summed E-state index contributed by atoms with van der Waals surface area (Å²) < 4.78 is 7.74. The molecule has 7 nitrogen and oxygen atoms in total. The lowest BCUT2D eigenvalue weighted by molar-refractivity contribution is 0.370. The first kappa shape index (κ1) is 18.3. The number of para-hydroxylation sites is 2. The smallest absolute Gasteiger partial charge is 0.234 e. The third-order valence-corrected chi connectivity index (χ3v) is 5.50. The molecule has 1 atom stereocenters. The third kappa shape index (κ3) is 3.18. The number of aromatic nitrogens is 6. The minimum atomic E-state index is -0.0227. The van der Waals surface area contributed by atoms with Crippen molar-refractivity contribution in [3.05, 3.63) is 83.3 Å². The molecular weight excluding hydrogens is 376 g/mol. The summed E-state index contributed by atoms with van der Waals surface area (Å²) in [4.78, 5) is 9.14. The molecular formula is C23H22N6O. The van der Waals surface area contributed by atoms with Crippen LogP contribution in [0, 0.1) is 13.8 Å². The van der Waals surface area contributed by atoms with Crippen molar-refractivity contribution in [1.82, 2.24) is 29.9 Å². The summed E-state index contributed by atoms with van der Waals surface area (Å²) >= 11 is 0. The summed E-state index contributed by atoms with van der Waals surface area (Å²) in [5.41, 5.74) is 7.27. The summed E-state index contributed by atoms with van der Waals surface area (Å²) in [5, 5.41) is 11.5. The molecule has 0 aliphatic carbocycles. The van der Waals surface area contributed by atoms with E-state index in [1.165, 1.54) is 0 Å². The minimum absolute atomic E-state index is 0.0227. The van der Waals surface area contributed by atoms with E-state index in [1.54, 1.807) is 0 Å². The number of benzene rings is 2. The number of hydrogen-bond donors (Lipinski definition) is 1. The lowest BCUT2D eigenvalue weighted by Gasteiger charge is -2.06. The first-order valence-corrected chi connectivity index (χ1v) is 9.94. The predicted octanol–water partition coefficient (Wildman–Crippen LogP) is 4.63.